The largest absolute Gasteiger partial charge is 0.309 e. The van der Waals surface area contributed by atoms with Crippen molar-refractivity contribution >= 4 is 130 Å². The average Bonchev–Trinajstić information content (AvgIpc) is 4.07. The van der Waals surface area contributed by atoms with Gasteiger partial charge in [-0.15, -0.1) is 0 Å². The molecule has 13 aromatic carbocycles. The van der Waals surface area contributed by atoms with Gasteiger partial charge in [-0.05, 0) is 125 Å². The van der Waals surface area contributed by atoms with Gasteiger partial charge >= 0.3 is 0 Å². The molecule has 0 spiro atoms. The number of nitrogens with zero attached hydrogens (tertiary/aromatic N) is 3. The fraction of sp³-hybridized carbons (Fsp3) is 0. The molecule has 0 atom stereocenters. The van der Waals surface area contributed by atoms with E-state index >= 15 is 0 Å². The van der Waals surface area contributed by atoms with Crippen LogP contribution in [0.3, 0.4) is 0 Å². The zero-order valence-electron chi connectivity index (χ0n) is 37.4. The Balaban J connectivity index is 1.02. The van der Waals surface area contributed by atoms with Crippen molar-refractivity contribution in [2.24, 2.45) is 0 Å². The molecule has 0 unspecified atom stereocenters. The zero-order chi connectivity index (χ0) is 44.9. The highest BCUT2D eigenvalue weighted by Gasteiger charge is 2.25. The summed E-state index contributed by atoms with van der Waals surface area (Å²) in [7, 11) is 0. The van der Waals surface area contributed by atoms with E-state index in [0.29, 0.717) is 0 Å². The van der Waals surface area contributed by atoms with E-state index in [4.69, 9.17) is 0 Å². The molecular formula is C66H39N3. The van der Waals surface area contributed by atoms with Gasteiger partial charge in [0.2, 0.25) is 0 Å². The Hall–Kier alpha value is -9.18. The van der Waals surface area contributed by atoms with Crippen molar-refractivity contribution in [2.45, 2.75) is 0 Å². The molecule has 16 aromatic rings. The molecule has 0 aliphatic rings. The Morgan fingerprint density at radius 3 is 0.870 bits per heavy atom. The Morgan fingerprint density at radius 1 is 0.174 bits per heavy atom. The van der Waals surface area contributed by atoms with E-state index in [1.54, 1.807) is 0 Å². The summed E-state index contributed by atoms with van der Waals surface area (Å²) in [5.41, 5.74) is 10.6. The second-order valence-electron chi connectivity index (χ2n) is 18.7. The molecule has 3 nitrogen and oxygen atoms in total. The van der Waals surface area contributed by atoms with Gasteiger partial charge in [-0.2, -0.15) is 0 Å². The minimum absolute atomic E-state index is 1.14. The Morgan fingerprint density at radius 2 is 0.478 bits per heavy atom. The maximum Gasteiger partial charge on any atom is 0.0641 e. The number of hydrogen-bond donors (Lipinski definition) is 0. The summed E-state index contributed by atoms with van der Waals surface area (Å²) < 4.78 is 7.56. The van der Waals surface area contributed by atoms with Crippen LogP contribution in [0, 0.1) is 0 Å². The van der Waals surface area contributed by atoms with Crippen molar-refractivity contribution in [1.82, 2.24) is 13.7 Å². The number of rotatable bonds is 3. The molecule has 0 bridgehead atoms. The molecule has 318 valence electrons. The highest BCUT2D eigenvalue weighted by atomic mass is 15.0. The van der Waals surface area contributed by atoms with E-state index in [2.05, 4.69) is 250 Å². The van der Waals surface area contributed by atoms with Gasteiger partial charge in [0, 0.05) is 49.4 Å². The fourth-order valence-electron chi connectivity index (χ4n) is 12.6. The van der Waals surface area contributed by atoms with Crippen molar-refractivity contribution in [3.63, 3.8) is 0 Å². The minimum atomic E-state index is 1.14. The molecule has 0 fully saturated rings. The molecule has 3 heteroatoms. The van der Waals surface area contributed by atoms with Gasteiger partial charge in [-0.25, -0.2) is 0 Å². The summed E-state index contributed by atoms with van der Waals surface area (Å²) in [5.74, 6) is 0. The van der Waals surface area contributed by atoms with Crippen LogP contribution in [0.1, 0.15) is 0 Å². The second-order valence-corrected chi connectivity index (χ2v) is 18.7. The van der Waals surface area contributed by atoms with E-state index < -0.39 is 0 Å². The monoisotopic (exact) mass is 873 g/mol. The molecule has 16 rings (SSSR count). The van der Waals surface area contributed by atoms with Crippen LogP contribution < -0.4 is 0 Å². The van der Waals surface area contributed by atoms with E-state index in [1.165, 1.54) is 130 Å². The smallest absolute Gasteiger partial charge is 0.0641 e. The third-order valence-corrected chi connectivity index (χ3v) is 15.3. The molecule has 3 heterocycles. The predicted octanol–water partition coefficient (Wildman–Crippen LogP) is 17.9. The molecule has 69 heavy (non-hydrogen) atoms. The van der Waals surface area contributed by atoms with Gasteiger partial charge in [0.25, 0.3) is 0 Å². The first-order chi connectivity index (χ1) is 34.3. The maximum absolute atomic E-state index is 2.57. The first-order valence-corrected chi connectivity index (χ1v) is 23.9. The van der Waals surface area contributed by atoms with E-state index in [-0.39, 0.29) is 0 Å². The highest BCUT2D eigenvalue weighted by molar-refractivity contribution is 6.32. The normalized spacial score (nSPS) is 12.3. The van der Waals surface area contributed by atoms with Crippen LogP contribution in [0.2, 0.25) is 0 Å². The van der Waals surface area contributed by atoms with Crippen molar-refractivity contribution in [2.75, 3.05) is 0 Å². The first-order valence-electron chi connectivity index (χ1n) is 23.9. The van der Waals surface area contributed by atoms with E-state index in [0.717, 1.165) is 17.1 Å². The van der Waals surface area contributed by atoms with Gasteiger partial charge in [0.1, 0.15) is 0 Å². The van der Waals surface area contributed by atoms with Crippen LogP contribution in [-0.4, -0.2) is 13.7 Å². The van der Waals surface area contributed by atoms with Crippen molar-refractivity contribution < 1.29 is 0 Å². The van der Waals surface area contributed by atoms with Crippen LogP contribution in [0.4, 0.5) is 0 Å². The summed E-state index contributed by atoms with van der Waals surface area (Å²) in [6.45, 7) is 0. The van der Waals surface area contributed by atoms with E-state index in [1.807, 2.05) is 0 Å². The van der Waals surface area contributed by atoms with E-state index in [9.17, 15) is 0 Å². The first kappa shape index (κ1) is 37.0. The standard InChI is InChI=1S/C66H39N3/c1-2-16-40(17-3-1)69-65-53(34-36-61-63(65)55-26-12-14-28-59(55)67(61)41-30-32-51-47-22-6-4-18-43(47)45-20-8-10-24-49(45)57(51)38-41)54-35-37-62-64(66(54)69)56-27-13-15-29-60(56)68(62)42-31-33-52-48-23-7-5-19-44(48)46-21-9-11-25-50(46)58(52)39-42/h1-39H. The Bertz CT molecular complexity index is 4530. The molecule has 0 aliphatic carbocycles. The van der Waals surface area contributed by atoms with Gasteiger partial charge in [-0.3, -0.25) is 0 Å². The lowest BCUT2D eigenvalue weighted by molar-refractivity contribution is 1.18. The fourth-order valence-corrected chi connectivity index (χ4v) is 12.6. The topological polar surface area (TPSA) is 14.8 Å². The number of benzene rings is 13. The van der Waals surface area contributed by atoms with Crippen molar-refractivity contribution in [3.05, 3.63) is 237 Å². The van der Waals surface area contributed by atoms with Gasteiger partial charge in [0.05, 0.1) is 33.1 Å². The minimum Gasteiger partial charge on any atom is -0.309 e. The van der Waals surface area contributed by atoms with Crippen molar-refractivity contribution in [1.29, 1.82) is 0 Å². The van der Waals surface area contributed by atoms with Gasteiger partial charge < -0.3 is 13.7 Å². The lowest BCUT2D eigenvalue weighted by Gasteiger charge is -2.14. The third-order valence-electron chi connectivity index (χ3n) is 15.3. The molecule has 0 saturated carbocycles. The summed E-state index contributed by atoms with van der Waals surface area (Å²) >= 11 is 0. The molecule has 0 aliphatic heterocycles. The predicted molar refractivity (Wildman–Crippen MR) is 294 cm³/mol. The van der Waals surface area contributed by atoms with Gasteiger partial charge in [-0.1, -0.05) is 176 Å². The summed E-state index contributed by atoms with van der Waals surface area (Å²) in [5, 5.41) is 22.8. The lowest BCUT2D eigenvalue weighted by Crippen LogP contribution is -1.96. The number of fused-ring (bicyclic) bond motifs is 23. The molecule has 3 aromatic heterocycles. The lowest BCUT2D eigenvalue weighted by atomic mass is 9.94. The summed E-state index contributed by atoms with van der Waals surface area (Å²) in [4.78, 5) is 0. The molecule has 0 radical (unpaired) electrons. The zero-order valence-corrected chi connectivity index (χ0v) is 37.4. The Labute approximate surface area is 395 Å². The number of para-hydroxylation sites is 3. The second kappa shape index (κ2) is 13.7. The van der Waals surface area contributed by atoms with Crippen LogP contribution in [-0.2, 0) is 0 Å². The average molecular weight is 874 g/mol. The number of aromatic nitrogens is 3. The highest BCUT2D eigenvalue weighted by Crippen LogP contribution is 2.47. The van der Waals surface area contributed by atoms with Crippen LogP contribution in [0.5, 0.6) is 0 Å². The Kier molecular flexibility index (Phi) is 7.34. The van der Waals surface area contributed by atoms with Crippen LogP contribution >= 0.6 is 0 Å². The summed E-state index contributed by atoms with van der Waals surface area (Å²) in [6.07, 6.45) is 0. The van der Waals surface area contributed by atoms with Crippen LogP contribution in [0.15, 0.2) is 237 Å². The molecular weight excluding hydrogens is 835 g/mol. The van der Waals surface area contributed by atoms with Crippen LogP contribution in [0.25, 0.3) is 147 Å². The maximum atomic E-state index is 2.57. The molecule has 0 saturated heterocycles. The summed E-state index contributed by atoms with van der Waals surface area (Å²) in [6, 6.07) is 88.1. The number of hydrogen-bond acceptors (Lipinski definition) is 0. The van der Waals surface area contributed by atoms with Crippen molar-refractivity contribution in [3.8, 4) is 17.1 Å². The SMILES string of the molecule is c1ccc(-n2c3c(ccc4c3c3ccccc3n4-c3ccc4c5ccccc5c5ccccc5c4c3)c3ccc4c(c5ccccc5n4-c4ccc5c6ccccc6c6ccccc6c5c4)c32)cc1. The quantitative estimate of drug-likeness (QED) is 0.157. The third kappa shape index (κ3) is 4.90. The molecule has 0 N–H and O–H groups in total. The van der Waals surface area contributed by atoms with Gasteiger partial charge in [0.15, 0.2) is 0 Å². The molecule has 0 amide bonds.